The molecule has 0 saturated carbocycles. The van der Waals surface area contributed by atoms with Crippen molar-refractivity contribution in [3.05, 3.63) is 29.8 Å². The molecule has 17 heavy (non-hydrogen) atoms. The van der Waals surface area contributed by atoms with Crippen LogP contribution in [0.5, 0.6) is 0 Å². The number of carboxylic acid groups (broad SMARTS) is 1. The van der Waals surface area contributed by atoms with Crippen LogP contribution in [0, 0.1) is 11.6 Å². The Bertz CT molecular complexity index is 438. The zero-order chi connectivity index (χ0) is 12.8. The van der Waals surface area contributed by atoms with Crippen LogP contribution >= 0.6 is 0 Å². The molecule has 0 radical (unpaired) electrons. The van der Waals surface area contributed by atoms with Crippen molar-refractivity contribution in [2.45, 2.75) is 6.42 Å². The predicted octanol–water partition coefficient (Wildman–Crippen LogP) is 1.56. The molecule has 0 spiro atoms. The first-order valence-corrected chi connectivity index (χ1v) is 4.71. The normalized spacial score (nSPS) is 9.76. The zero-order valence-electron chi connectivity index (χ0n) is 8.67. The molecule has 7 heteroatoms. The fraction of sp³-hybridized carbons (Fsp3) is 0.200. The van der Waals surface area contributed by atoms with Crippen molar-refractivity contribution in [1.82, 2.24) is 5.32 Å². The number of amides is 2. The number of carbonyl (C=O) groups is 2. The first kappa shape index (κ1) is 12.9. The molecule has 0 aliphatic carbocycles. The van der Waals surface area contributed by atoms with E-state index < -0.39 is 23.6 Å². The van der Waals surface area contributed by atoms with E-state index in [1.165, 1.54) is 12.1 Å². The first-order valence-electron chi connectivity index (χ1n) is 4.71. The molecule has 0 aromatic heterocycles. The second kappa shape index (κ2) is 5.78. The molecule has 0 aliphatic rings. The number of aliphatic carboxylic acids is 1. The molecule has 0 fully saturated rings. The highest BCUT2D eigenvalue weighted by Gasteiger charge is 2.10. The minimum Gasteiger partial charge on any atom is -0.481 e. The van der Waals surface area contributed by atoms with Crippen LogP contribution in [-0.4, -0.2) is 23.7 Å². The van der Waals surface area contributed by atoms with Crippen molar-refractivity contribution in [1.29, 1.82) is 0 Å². The zero-order valence-corrected chi connectivity index (χ0v) is 8.67. The van der Waals surface area contributed by atoms with Crippen LogP contribution in [0.2, 0.25) is 0 Å². The number of carboxylic acids is 1. The van der Waals surface area contributed by atoms with Crippen molar-refractivity contribution >= 4 is 17.7 Å². The summed E-state index contributed by atoms with van der Waals surface area (Å²) in [5.41, 5.74) is -0.308. The summed E-state index contributed by atoms with van der Waals surface area (Å²) in [6, 6.07) is 2.55. The maximum absolute atomic E-state index is 13.1. The largest absolute Gasteiger partial charge is 0.481 e. The van der Waals surface area contributed by atoms with E-state index in [-0.39, 0.29) is 18.7 Å². The van der Waals surface area contributed by atoms with Gasteiger partial charge in [0.25, 0.3) is 0 Å². The van der Waals surface area contributed by atoms with E-state index in [9.17, 15) is 18.4 Å². The summed E-state index contributed by atoms with van der Waals surface area (Å²) >= 11 is 0. The highest BCUT2D eigenvalue weighted by Crippen LogP contribution is 2.15. The van der Waals surface area contributed by atoms with Gasteiger partial charge in [0, 0.05) is 6.54 Å². The minimum absolute atomic E-state index is 0.0991. The highest BCUT2D eigenvalue weighted by molar-refractivity contribution is 5.89. The van der Waals surface area contributed by atoms with Gasteiger partial charge < -0.3 is 15.7 Å². The van der Waals surface area contributed by atoms with Crippen molar-refractivity contribution in [3.8, 4) is 0 Å². The number of benzene rings is 1. The van der Waals surface area contributed by atoms with Crippen molar-refractivity contribution in [3.63, 3.8) is 0 Å². The Hall–Kier alpha value is -2.18. The summed E-state index contributed by atoms with van der Waals surface area (Å²) in [5, 5.41) is 12.6. The molecule has 1 aromatic rings. The topological polar surface area (TPSA) is 78.4 Å². The van der Waals surface area contributed by atoms with E-state index in [4.69, 9.17) is 5.11 Å². The molecule has 3 N–H and O–H groups in total. The second-order valence-corrected chi connectivity index (χ2v) is 3.13. The number of urea groups is 1. The van der Waals surface area contributed by atoms with Gasteiger partial charge in [0.2, 0.25) is 0 Å². The van der Waals surface area contributed by atoms with Gasteiger partial charge in [-0.2, -0.15) is 0 Å². The Balaban J connectivity index is 2.51. The number of hydrogen-bond donors (Lipinski definition) is 3. The summed E-state index contributed by atoms with van der Waals surface area (Å²) in [4.78, 5) is 21.3. The van der Waals surface area contributed by atoms with Crippen LogP contribution in [-0.2, 0) is 4.79 Å². The molecule has 1 rings (SSSR count). The molecular weight excluding hydrogens is 234 g/mol. The van der Waals surface area contributed by atoms with Crippen LogP contribution in [0.3, 0.4) is 0 Å². The minimum atomic E-state index is -1.17. The maximum atomic E-state index is 13.1. The molecule has 0 heterocycles. The lowest BCUT2D eigenvalue weighted by atomic mass is 10.3. The number of rotatable bonds is 4. The lowest BCUT2D eigenvalue weighted by Gasteiger charge is -2.07. The average Bonchev–Trinajstić information content (AvgIpc) is 2.24. The molecule has 0 atom stereocenters. The number of halogens is 2. The third kappa shape index (κ3) is 4.06. The van der Waals surface area contributed by atoms with Crippen molar-refractivity contribution < 1.29 is 23.5 Å². The molecule has 0 bridgehead atoms. The SMILES string of the molecule is O=C(O)CCNC(=O)Nc1cccc(F)c1F. The molecule has 5 nitrogen and oxygen atoms in total. The molecular formula is C10H10F2N2O3. The molecule has 92 valence electrons. The van der Waals surface area contributed by atoms with Gasteiger partial charge in [-0.15, -0.1) is 0 Å². The average molecular weight is 244 g/mol. The molecule has 2 amide bonds. The third-order valence-corrected chi connectivity index (χ3v) is 1.82. The Morgan fingerprint density at radius 1 is 1.29 bits per heavy atom. The molecule has 0 aliphatic heterocycles. The monoisotopic (exact) mass is 244 g/mol. The Labute approximate surface area is 95.4 Å². The van der Waals surface area contributed by atoms with E-state index in [1.54, 1.807) is 0 Å². The lowest BCUT2D eigenvalue weighted by Crippen LogP contribution is -2.30. The van der Waals surface area contributed by atoms with E-state index >= 15 is 0 Å². The third-order valence-electron chi connectivity index (χ3n) is 1.82. The summed E-state index contributed by atoms with van der Waals surface area (Å²) in [5.74, 6) is -3.31. The molecule has 0 saturated heterocycles. The number of hydrogen-bond acceptors (Lipinski definition) is 2. The predicted molar refractivity (Wildman–Crippen MR) is 55.6 cm³/mol. The van der Waals surface area contributed by atoms with Gasteiger partial charge in [-0.25, -0.2) is 13.6 Å². The standard InChI is InChI=1S/C10H10F2N2O3/c11-6-2-1-3-7(9(6)12)14-10(17)13-5-4-8(15)16/h1-3H,4-5H2,(H,15,16)(H2,13,14,17). The van der Waals surface area contributed by atoms with Crippen LogP contribution < -0.4 is 10.6 Å². The number of anilines is 1. The summed E-state index contributed by atoms with van der Waals surface area (Å²) < 4.78 is 25.9. The Morgan fingerprint density at radius 2 is 2.00 bits per heavy atom. The van der Waals surface area contributed by atoms with Gasteiger partial charge in [0.05, 0.1) is 12.1 Å². The number of nitrogens with one attached hydrogen (secondary N) is 2. The van der Waals surface area contributed by atoms with E-state index in [2.05, 4.69) is 10.6 Å². The maximum Gasteiger partial charge on any atom is 0.319 e. The van der Waals surface area contributed by atoms with Crippen LogP contribution in [0.4, 0.5) is 19.3 Å². The van der Waals surface area contributed by atoms with Gasteiger partial charge in [0.15, 0.2) is 11.6 Å². The Kier molecular flexibility index (Phi) is 4.38. The highest BCUT2D eigenvalue weighted by atomic mass is 19.2. The fourth-order valence-corrected chi connectivity index (χ4v) is 1.05. The van der Waals surface area contributed by atoms with Crippen LogP contribution in [0.15, 0.2) is 18.2 Å². The van der Waals surface area contributed by atoms with Crippen LogP contribution in [0.1, 0.15) is 6.42 Å². The summed E-state index contributed by atoms with van der Waals surface area (Å²) in [7, 11) is 0. The van der Waals surface area contributed by atoms with Gasteiger partial charge in [-0.05, 0) is 12.1 Å². The van der Waals surface area contributed by atoms with E-state index in [0.717, 1.165) is 6.07 Å². The van der Waals surface area contributed by atoms with Gasteiger partial charge in [0.1, 0.15) is 0 Å². The second-order valence-electron chi connectivity index (χ2n) is 3.13. The first-order chi connectivity index (χ1) is 8.00. The summed E-state index contributed by atoms with van der Waals surface area (Å²) in [6.45, 7) is -0.0991. The molecule has 1 aromatic carbocycles. The number of carbonyl (C=O) groups excluding carboxylic acids is 1. The van der Waals surface area contributed by atoms with Gasteiger partial charge in [-0.1, -0.05) is 6.07 Å². The van der Waals surface area contributed by atoms with E-state index in [0.29, 0.717) is 0 Å². The van der Waals surface area contributed by atoms with E-state index in [1.807, 2.05) is 0 Å². The van der Waals surface area contributed by atoms with Crippen LogP contribution in [0.25, 0.3) is 0 Å². The van der Waals surface area contributed by atoms with Gasteiger partial charge in [-0.3, -0.25) is 4.79 Å². The Morgan fingerprint density at radius 3 is 2.65 bits per heavy atom. The summed E-state index contributed by atoms with van der Waals surface area (Å²) in [6.07, 6.45) is -0.251. The smallest absolute Gasteiger partial charge is 0.319 e. The quantitative estimate of drug-likeness (QED) is 0.752. The van der Waals surface area contributed by atoms with Gasteiger partial charge >= 0.3 is 12.0 Å². The van der Waals surface area contributed by atoms with Crippen molar-refractivity contribution in [2.75, 3.05) is 11.9 Å². The van der Waals surface area contributed by atoms with Crippen molar-refractivity contribution in [2.24, 2.45) is 0 Å². The lowest BCUT2D eigenvalue weighted by molar-refractivity contribution is -0.136. The fourth-order valence-electron chi connectivity index (χ4n) is 1.05. The molecule has 0 unspecified atom stereocenters.